The van der Waals surface area contributed by atoms with Crippen LogP contribution in [0.25, 0.3) is 0 Å². The summed E-state index contributed by atoms with van der Waals surface area (Å²) in [6.07, 6.45) is -2.59. The number of hydrogen-bond donors (Lipinski definition) is 4. The molecule has 19 heteroatoms. The van der Waals surface area contributed by atoms with Crippen molar-refractivity contribution in [3.63, 3.8) is 0 Å². The summed E-state index contributed by atoms with van der Waals surface area (Å²) in [6, 6.07) is -0.380. The topological polar surface area (TPSA) is 211 Å². The van der Waals surface area contributed by atoms with Crippen LogP contribution in [0, 0.1) is 0 Å². The Morgan fingerprint density at radius 3 is 2.33 bits per heavy atom. The molecule has 1 fully saturated rings. The summed E-state index contributed by atoms with van der Waals surface area (Å²) in [5.74, 6) is 4.90. The van der Waals surface area contributed by atoms with Crippen molar-refractivity contribution in [1.29, 1.82) is 0 Å². The number of phosphoric ester groups is 2. The van der Waals surface area contributed by atoms with Crippen molar-refractivity contribution in [3.8, 4) is 0 Å². The molecule has 1 heterocycles. The van der Waals surface area contributed by atoms with Gasteiger partial charge in [0.2, 0.25) is 0 Å². The van der Waals surface area contributed by atoms with E-state index in [1.165, 1.54) is 0 Å². The summed E-state index contributed by atoms with van der Waals surface area (Å²) in [5.41, 5.74) is 1.74. The molecule has 0 aliphatic carbocycles. The Balaban J connectivity index is 2.68. The fourth-order valence-electron chi connectivity index (χ4n) is 1.97. The van der Waals surface area contributed by atoms with E-state index in [2.05, 4.69) is 22.2 Å². The van der Waals surface area contributed by atoms with E-state index in [4.69, 9.17) is 15.3 Å². The largest absolute Gasteiger partial charge is 0.490 e. The summed E-state index contributed by atoms with van der Waals surface area (Å²) in [6.45, 7) is -0.660. The van der Waals surface area contributed by atoms with Gasteiger partial charge in [-0.05, 0) is 0 Å². The third-order valence-electron chi connectivity index (χ3n) is 3.02. The first-order valence-electron chi connectivity index (χ1n) is 7.12. The van der Waals surface area contributed by atoms with Crippen molar-refractivity contribution in [2.75, 3.05) is 20.8 Å². The fraction of sp³-hybridized carbons (Fsp3) is 0.875. The molecule has 0 aromatic heterocycles. The van der Waals surface area contributed by atoms with Gasteiger partial charge in [-0.2, -0.15) is 8.62 Å². The van der Waals surface area contributed by atoms with Gasteiger partial charge in [-0.25, -0.2) is 24.3 Å². The monoisotopic (exact) mass is 456 g/mol. The van der Waals surface area contributed by atoms with Gasteiger partial charge in [-0.15, -0.1) is 0 Å². The van der Waals surface area contributed by atoms with Crippen LogP contribution in [0.15, 0.2) is 0 Å². The number of phosphoric acid groups is 3. The Hall–Kier alpha value is -0.335. The fourth-order valence-corrected chi connectivity index (χ4v) is 5.61. The van der Waals surface area contributed by atoms with E-state index in [1.54, 1.807) is 13.3 Å². The highest BCUT2D eigenvalue weighted by molar-refractivity contribution is 7.67. The van der Waals surface area contributed by atoms with Crippen molar-refractivity contribution in [2.45, 2.75) is 24.6 Å². The third kappa shape index (κ3) is 8.28. The van der Waals surface area contributed by atoms with Gasteiger partial charge in [-0.3, -0.25) is 19.0 Å². The Labute approximate surface area is 154 Å². The SMILES string of the molecule is B[C@H]1CC(OC(=O)NN)[C@@H](COP(=O)(O)OP(=O)(O)OP(=O)(OC)OC)O1. The third-order valence-corrected chi connectivity index (χ3v) is 7.67. The first kappa shape index (κ1) is 24.7. The number of ether oxygens (including phenoxy) is 2. The van der Waals surface area contributed by atoms with Gasteiger partial charge in [0, 0.05) is 26.6 Å². The molecule has 1 aliphatic rings. The molecule has 1 saturated heterocycles. The van der Waals surface area contributed by atoms with Crippen LogP contribution in [-0.2, 0) is 45.4 Å². The minimum Gasteiger partial charge on any atom is -0.442 e. The molecule has 0 aromatic rings. The molecule has 1 amide bonds. The van der Waals surface area contributed by atoms with Crippen LogP contribution in [-0.4, -0.2) is 62.8 Å². The van der Waals surface area contributed by atoms with Crippen molar-refractivity contribution in [1.82, 2.24) is 5.43 Å². The van der Waals surface area contributed by atoms with Crippen molar-refractivity contribution < 1.29 is 59.9 Å². The molecule has 15 nitrogen and oxygen atoms in total. The summed E-state index contributed by atoms with van der Waals surface area (Å²) < 4.78 is 66.6. The average molecular weight is 456 g/mol. The number of hydrazine groups is 1. The maximum atomic E-state index is 11.8. The lowest BCUT2D eigenvalue weighted by Crippen LogP contribution is -2.38. The highest BCUT2D eigenvalue weighted by atomic mass is 31.3. The molecule has 3 unspecified atom stereocenters. The predicted molar refractivity (Wildman–Crippen MR) is 88.8 cm³/mol. The Bertz CT molecular complexity index is 655. The zero-order valence-electron chi connectivity index (χ0n) is 14.5. The minimum atomic E-state index is -5.39. The number of rotatable bonds is 10. The molecule has 0 bridgehead atoms. The molecule has 5 atom stereocenters. The Morgan fingerprint density at radius 1 is 1.22 bits per heavy atom. The van der Waals surface area contributed by atoms with Crippen LogP contribution in [0.3, 0.4) is 0 Å². The van der Waals surface area contributed by atoms with Gasteiger partial charge in [0.1, 0.15) is 20.1 Å². The Kier molecular flexibility index (Phi) is 9.08. The highest BCUT2D eigenvalue weighted by Crippen LogP contribution is 2.68. The van der Waals surface area contributed by atoms with Crippen molar-refractivity contribution >= 4 is 37.4 Å². The van der Waals surface area contributed by atoms with E-state index in [9.17, 15) is 28.3 Å². The second-order valence-electron chi connectivity index (χ2n) is 5.02. The van der Waals surface area contributed by atoms with E-state index in [0.29, 0.717) is 0 Å². The van der Waals surface area contributed by atoms with Crippen LogP contribution in [0.1, 0.15) is 6.42 Å². The van der Waals surface area contributed by atoms with Crippen LogP contribution in [0.2, 0.25) is 0 Å². The highest BCUT2D eigenvalue weighted by Gasteiger charge is 2.44. The smallest absolute Gasteiger partial charge is 0.442 e. The molecule has 0 saturated carbocycles. The zero-order chi connectivity index (χ0) is 20.9. The van der Waals surface area contributed by atoms with Gasteiger partial charge in [-0.1, -0.05) is 0 Å². The molecule has 158 valence electrons. The molecule has 1 aliphatic heterocycles. The number of carbonyl (C=O) groups excluding carboxylic acids is 1. The van der Waals surface area contributed by atoms with Crippen LogP contribution >= 0.6 is 23.5 Å². The lowest BCUT2D eigenvalue weighted by molar-refractivity contribution is -0.0113. The standard InChI is InChI=1S/C8H20BN2O13P3/c1-18-27(17,19-2)24-26(15,16)23-25(13,14)20-4-6-5(3-7(9)21-6)22-8(12)11-10/h5-7H,3-4,9-10H2,1-2H3,(H,11,12)(H,13,14)(H,15,16)/t5?,6-,7-/m1/s1. The lowest BCUT2D eigenvalue weighted by atomic mass is 9.96. The predicted octanol–water partition coefficient (Wildman–Crippen LogP) is -0.645. The van der Waals surface area contributed by atoms with Gasteiger partial charge in [0.05, 0.1) is 6.61 Å². The maximum absolute atomic E-state index is 11.8. The van der Waals surface area contributed by atoms with E-state index in [1.807, 2.05) is 0 Å². The minimum absolute atomic E-state index is 0.241. The molecular weight excluding hydrogens is 436 g/mol. The van der Waals surface area contributed by atoms with Crippen LogP contribution in [0.5, 0.6) is 0 Å². The number of nitrogens with two attached hydrogens (primary N) is 1. The van der Waals surface area contributed by atoms with E-state index >= 15 is 0 Å². The molecule has 5 N–H and O–H groups in total. The molecule has 1 rings (SSSR count). The second-order valence-corrected chi connectivity index (χ2v) is 10.1. The Morgan fingerprint density at radius 2 is 1.81 bits per heavy atom. The quantitative estimate of drug-likeness (QED) is 0.106. The van der Waals surface area contributed by atoms with Crippen molar-refractivity contribution in [3.05, 3.63) is 0 Å². The number of amides is 1. The number of nitrogens with one attached hydrogen (secondary N) is 1. The van der Waals surface area contributed by atoms with E-state index < -0.39 is 48.4 Å². The van der Waals surface area contributed by atoms with E-state index in [-0.39, 0.29) is 12.4 Å². The lowest BCUT2D eigenvalue weighted by Gasteiger charge is -2.21. The van der Waals surface area contributed by atoms with E-state index in [0.717, 1.165) is 14.2 Å². The molecule has 0 aromatic carbocycles. The van der Waals surface area contributed by atoms with Gasteiger partial charge in [0.25, 0.3) is 0 Å². The summed E-state index contributed by atoms with van der Waals surface area (Å²) in [4.78, 5) is 30.2. The first-order chi connectivity index (χ1) is 12.4. The van der Waals surface area contributed by atoms with Gasteiger partial charge in [0.15, 0.2) is 0 Å². The zero-order valence-corrected chi connectivity index (χ0v) is 17.1. The molecule has 0 spiro atoms. The van der Waals surface area contributed by atoms with Gasteiger partial charge >= 0.3 is 29.6 Å². The summed E-state index contributed by atoms with van der Waals surface area (Å²) >= 11 is 0. The summed E-state index contributed by atoms with van der Waals surface area (Å²) in [5, 5.41) is 0. The number of carbonyl (C=O) groups is 1. The van der Waals surface area contributed by atoms with Crippen LogP contribution < -0.4 is 11.3 Å². The van der Waals surface area contributed by atoms with Crippen molar-refractivity contribution in [2.24, 2.45) is 5.84 Å². The maximum Gasteiger partial charge on any atom is 0.490 e. The van der Waals surface area contributed by atoms with Crippen LogP contribution in [0.4, 0.5) is 4.79 Å². The number of hydrogen-bond acceptors (Lipinski definition) is 12. The normalized spacial score (nSPS) is 27.5. The molecule has 0 radical (unpaired) electrons. The average Bonchev–Trinajstić information content (AvgIpc) is 2.90. The second kappa shape index (κ2) is 9.92. The first-order valence-corrected chi connectivity index (χ1v) is 11.6. The van der Waals surface area contributed by atoms with Gasteiger partial charge < -0.3 is 19.3 Å². The molecular formula is C8H20BN2O13P3. The molecule has 27 heavy (non-hydrogen) atoms. The summed E-state index contributed by atoms with van der Waals surface area (Å²) in [7, 11) is -11.7.